The van der Waals surface area contributed by atoms with Crippen molar-refractivity contribution < 1.29 is 10.0 Å². The first kappa shape index (κ1) is 23.5. The Balaban J connectivity index is 1.50. The van der Waals surface area contributed by atoms with Crippen LogP contribution in [0.4, 0.5) is 11.4 Å². The maximum absolute atomic E-state index is 9.56. The summed E-state index contributed by atoms with van der Waals surface area (Å²) < 4.78 is 0. The molecule has 0 bridgehead atoms. The van der Waals surface area contributed by atoms with E-state index >= 15 is 0 Å². The van der Waals surface area contributed by atoms with Gasteiger partial charge in [0.1, 0.15) is 0 Å². The van der Waals surface area contributed by atoms with E-state index in [0.29, 0.717) is 5.46 Å². The molecule has 0 heterocycles. The van der Waals surface area contributed by atoms with Crippen molar-refractivity contribution in [3.63, 3.8) is 0 Å². The highest BCUT2D eigenvalue weighted by Gasteiger charge is 2.36. The molecule has 37 heavy (non-hydrogen) atoms. The van der Waals surface area contributed by atoms with Gasteiger partial charge in [0.05, 0.1) is 6.04 Å². The molecule has 3 nitrogen and oxygen atoms in total. The van der Waals surface area contributed by atoms with Crippen molar-refractivity contribution in [3.8, 4) is 22.3 Å². The molecule has 0 amide bonds. The van der Waals surface area contributed by atoms with E-state index in [4.69, 9.17) is 0 Å². The van der Waals surface area contributed by atoms with E-state index in [0.717, 1.165) is 23.2 Å². The number of nitrogens with zero attached hydrogens (tertiary/aromatic N) is 1. The van der Waals surface area contributed by atoms with Gasteiger partial charge in [-0.2, -0.15) is 0 Å². The summed E-state index contributed by atoms with van der Waals surface area (Å²) >= 11 is 0. The van der Waals surface area contributed by atoms with E-state index in [9.17, 15) is 10.0 Å². The van der Waals surface area contributed by atoms with Crippen LogP contribution in [0.15, 0.2) is 115 Å². The highest BCUT2D eigenvalue weighted by molar-refractivity contribution is 6.58. The van der Waals surface area contributed by atoms with Crippen LogP contribution >= 0.6 is 0 Å². The van der Waals surface area contributed by atoms with Gasteiger partial charge in [0.25, 0.3) is 0 Å². The van der Waals surface area contributed by atoms with Crippen LogP contribution in [0.25, 0.3) is 22.3 Å². The molecule has 0 saturated heterocycles. The summed E-state index contributed by atoms with van der Waals surface area (Å²) in [7, 11) is -1.47. The Kier molecular flexibility index (Phi) is 5.87. The molecular formula is C33H30BNO2. The first-order valence-electron chi connectivity index (χ1n) is 12.9. The van der Waals surface area contributed by atoms with Crippen LogP contribution in [0.1, 0.15) is 31.4 Å². The summed E-state index contributed by atoms with van der Waals surface area (Å²) in [6.07, 6.45) is 9.66. The van der Waals surface area contributed by atoms with E-state index in [-0.39, 0.29) is 11.5 Å². The monoisotopic (exact) mass is 483 g/mol. The minimum Gasteiger partial charge on any atom is -0.423 e. The standard InChI is InChI=1S/C33H30BNO2/c1-33(2)30-14-8-6-13-28(30)29-21-20-26(22-31(29)33)35(25-10-4-3-5-11-25)32-15-9-7-12-27(32)23-16-18-24(19-17-23)34(36)37/h3-10,12-22,25,36-37H,11H2,1-2H3. The molecule has 0 aromatic heterocycles. The maximum Gasteiger partial charge on any atom is 0.488 e. The summed E-state index contributed by atoms with van der Waals surface area (Å²) in [5.74, 6) is 0. The minimum atomic E-state index is -1.47. The van der Waals surface area contributed by atoms with Crippen LogP contribution in [0, 0.1) is 0 Å². The molecule has 4 aromatic carbocycles. The van der Waals surface area contributed by atoms with Crippen molar-refractivity contribution in [1.29, 1.82) is 0 Å². The summed E-state index contributed by atoms with van der Waals surface area (Å²) in [6, 6.07) is 31.8. The molecule has 0 saturated carbocycles. The fourth-order valence-electron chi connectivity index (χ4n) is 5.87. The Morgan fingerprint density at radius 1 is 0.757 bits per heavy atom. The van der Waals surface area contributed by atoms with E-state index < -0.39 is 7.12 Å². The number of rotatable bonds is 5. The van der Waals surface area contributed by atoms with Gasteiger partial charge in [0.2, 0.25) is 0 Å². The van der Waals surface area contributed by atoms with Gasteiger partial charge in [0.15, 0.2) is 0 Å². The second kappa shape index (κ2) is 9.22. The zero-order valence-corrected chi connectivity index (χ0v) is 21.2. The predicted octanol–water partition coefficient (Wildman–Crippen LogP) is 6.36. The zero-order chi connectivity index (χ0) is 25.6. The number of fused-ring (bicyclic) bond motifs is 3. The van der Waals surface area contributed by atoms with Crippen molar-refractivity contribution in [3.05, 3.63) is 126 Å². The van der Waals surface area contributed by atoms with Crippen LogP contribution in [0.5, 0.6) is 0 Å². The lowest BCUT2D eigenvalue weighted by atomic mass is 9.80. The first-order valence-corrected chi connectivity index (χ1v) is 12.9. The van der Waals surface area contributed by atoms with E-state index in [1.165, 1.54) is 27.9 Å². The average molecular weight is 483 g/mol. The van der Waals surface area contributed by atoms with Gasteiger partial charge in [0, 0.05) is 22.4 Å². The highest BCUT2D eigenvalue weighted by Crippen LogP contribution is 2.50. The van der Waals surface area contributed by atoms with Gasteiger partial charge in [-0.3, -0.25) is 0 Å². The Hall–Kier alpha value is -3.86. The number of hydrogen-bond donors (Lipinski definition) is 2. The molecule has 6 rings (SSSR count). The van der Waals surface area contributed by atoms with Crippen LogP contribution in [-0.4, -0.2) is 23.2 Å². The smallest absolute Gasteiger partial charge is 0.423 e. The van der Waals surface area contributed by atoms with Gasteiger partial charge in [-0.25, -0.2) is 0 Å². The van der Waals surface area contributed by atoms with Crippen molar-refractivity contribution in [1.82, 2.24) is 0 Å². The van der Waals surface area contributed by atoms with Gasteiger partial charge in [-0.15, -0.1) is 0 Å². The first-order chi connectivity index (χ1) is 17.9. The largest absolute Gasteiger partial charge is 0.488 e. The SMILES string of the molecule is CC1(C)c2ccccc2-c2ccc(N(c3ccccc3-c3ccc(B(O)O)cc3)C3C=CC=CC3)cc21. The van der Waals surface area contributed by atoms with Crippen molar-refractivity contribution in [2.75, 3.05) is 4.90 Å². The molecule has 1 atom stereocenters. The van der Waals surface area contributed by atoms with Crippen LogP contribution in [0.3, 0.4) is 0 Å². The quantitative estimate of drug-likeness (QED) is 0.325. The topological polar surface area (TPSA) is 43.7 Å². The number of hydrogen-bond acceptors (Lipinski definition) is 3. The Bertz CT molecular complexity index is 1520. The number of allylic oxidation sites excluding steroid dienone is 2. The Morgan fingerprint density at radius 2 is 1.46 bits per heavy atom. The Labute approximate surface area is 219 Å². The summed E-state index contributed by atoms with van der Waals surface area (Å²) in [5.41, 5.74) is 10.2. The number of anilines is 2. The lowest BCUT2D eigenvalue weighted by Gasteiger charge is -2.35. The fraction of sp³-hybridized carbons (Fsp3) is 0.152. The summed E-state index contributed by atoms with van der Waals surface area (Å²) in [5, 5.41) is 19.1. The van der Waals surface area contributed by atoms with E-state index in [2.05, 4.69) is 110 Å². The third-order valence-electron chi connectivity index (χ3n) is 7.82. The predicted molar refractivity (Wildman–Crippen MR) is 155 cm³/mol. The van der Waals surface area contributed by atoms with Gasteiger partial charge < -0.3 is 14.9 Å². The van der Waals surface area contributed by atoms with Gasteiger partial charge >= 0.3 is 7.12 Å². The Morgan fingerprint density at radius 3 is 2.19 bits per heavy atom. The zero-order valence-electron chi connectivity index (χ0n) is 21.2. The molecule has 4 heteroatoms. The molecule has 1 unspecified atom stereocenters. The van der Waals surface area contributed by atoms with Crippen molar-refractivity contribution in [2.45, 2.75) is 31.7 Å². The van der Waals surface area contributed by atoms with Crippen LogP contribution in [-0.2, 0) is 5.41 Å². The number of para-hydroxylation sites is 1. The van der Waals surface area contributed by atoms with Crippen molar-refractivity contribution >= 4 is 24.0 Å². The van der Waals surface area contributed by atoms with Crippen LogP contribution < -0.4 is 10.4 Å². The molecular weight excluding hydrogens is 453 g/mol. The highest BCUT2D eigenvalue weighted by atomic mass is 16.4. The summed E-state index contributed by atoms with van der Waals surface area (Å²) in [6.45, 7) is 4.64. The number of benzene rings is 4. The van der Waals surface area contributed by atoms with Gasteiger partial charge in [-0.1, -0.05) is 111 Å². The minimum absolute atomic E-state index is 0.0730. The molecule has 2 aliphatic rings. The van der Waals surface area contributed by atoms with E-state index in [1.807, 2.05) is 12.1 Å². The molecule has 0 fully saturated rings. The second-order valence-corrected chi connectivity index (χ2v) is 10.4. The molecule has 182 valence electrons. The van der Waals surface area contributed by atoms with Crippen molar-refractivity contribution in [2.24, 2.45) is 0 Å². The fourth-order valence-corrected chi connectivity index (χ4v) is 5.87. The third-order valence-corrected chi connectivity index (χ3v) is 7.82. The second-order valence-electron chi connectivity index (χ2n) is 10.4. The third kappa shape index (κ3) is 4.03. The molecule has 2 aliphatic carbocycles. The molecule has 2 N–H and O–H groups in total. The molecule has 0 spiro atoms. The average Bonchev–Trinajstić information content (AvgIpc) is 3.16. The normalized spacial score (nSPS) is 16.8. The maximum atomic E-state index is 9.56. The van der Waals surface area contributed by atoms with Gasteiger partial charge in [-0.05, 0) is 57.9 Å². The summed E-state index contributed by atoms with van der Waals surface area (Å²) in [4.78, 5) is 2.45. The van der Waals surface area contributed by atoms with E-state index in [1.54, 1.807) is 12.1 Å². The lowest BCUT2D eigenvalue weighted by molar-refractivity contribution is 0.426. The molecule has 0 aliphatic heterocycles. The van der Waals surface area contributed by atoms with Crippen LogP contribution in [0.2, 0.25) is 0 Å². The molecule has 4 aromatic rings. The molecule has 0 radical (unpaired) electrons. The lowest BCUT2D eigenvalue weighted by Crippen LogP contribution is -2.31.